The molecule has 1 aliphatic heterocycles. The van der Waals surface area contributed by atoms with Crippen LogP contribution in [0, 0.1) is 5.41 Å². The maximum absolute atomic E-state index is 13.7. The molecule has 1 saturated heterocycles. The minimum absolute atomic E-state index is 0.00165. The van der Waals surface area contributed by atoms with Crippen LogP contribution in [0.3, 0.4) is 0 Å². The first-order valence-corrected chi connectivity index (χ1v) is 12.2. The molecule has 0 spiro atoms. The molecule has 2 unspecified atom stereocenters. The molecule has 10 nitrogen and oxygen atoms in total. The molecule has 2 amide bonds. The number of hydrogen-bond acceptors (Lipinski definition) is 7. The summed E-state index contributed by atoms with van der Waals surface area (Å²) in [7, 11) is 0. The summed E-state index contributed by atoms with van der Waals surface area (Å²) in [6.07, 6.45) is -1.53. The number of alkyl halides is 3. The molecule has 0 radical (unpaired) electrons. The van der Waals surface area contributed by atoms with Gasteiger partial charge in [0.25, 0.3) is 0 Å². The lowest BCUT2D eigenvalue weighted by atomic mass is 9.85. The van der Waals surface area contributed by atoms with Crippen LogP contribution in [0.15, 0.2) is 24.4 Å². The van der Waals surface area contributed by atoms with E-state index in [1.807, 2.05) is 20.8 Å². The van der Waals surface area contributed by atoms with Crippen molar-refractivity contribution in [3.05, 3.63) is 35.8 Å². The maximum atomic E-state index is 13.7. The van der Waals surface area contributed by atoms with Gasteiger partial charge in [-0.1, -0.05) is 32.1 Å². The molecule has 37 heavy (non-hydrogen) atoms. The third kappa shape index (κ3) is 6.38. The summed E-state index contributed by atoms with van der Waals surface area (Å²) in [6.45, 7) is 5.54. The van der Waals surface area contributed by atoms with Gasteiger partial charge in [0.2, 0.25) is 17.7 Å². The molecule has 4 rings (SSSR count). The van der Waals surface area contributed by atoms with E-state index in [-0.39, 0.29) is 37.9 Å². The summed E-state index contributed by atoms with van der Waals surface area (Å²) in [5.74, 6) is -0.690. The Bertz CT molecular complexity index is 1130. The van der Waals surface area contributed by atoms with Gasteiger partial charge in [-0.05, 0) is 24.3 Å². The molecule has 13 heteroatoms. The number of hydrogen-bond donors (Lipinski definition) is 2. The molecule has 2 N–H and O–H groups in total. The van der Waals surface area contributed by atoms with Gasteiger partial charge in [0, 0.05) is 31.1 Å². The smallest absolute Gasteiger partial charge is 0.433 e. The summed E-state index contributed by atoms with van der Waals surface area (Å²) < 4.78 is 45.2. The van der Waals surface area contributed by atoms with Crippen molar-refractivity contribution in [2.24, 2.45) is 5.41 Å². The molecule has 1 aliphatic carbocycles. The summed E-state index contributed by atoms with van der Waals surface area (Å²) in [5.41, 5.74) is -0.785. The number of amides is 2. The largest absolute Gasteiger partial charge is 0.476 e. The quantitative estimate of drug-likeness (QED) is 0.508. The van der Waals surface area contributed by atoms with Crippen LogP contribution in [0.1, 0.15) is 63.4 Å². The van der Waals surface area contributed by atoms with E-state index in [0.29, 0.717) is 5.92 Å². The predicted octanol–water partition coefficient (Wildman–Crippen LogP) is 2.31. The Morgan fingerprint density at radius 2 is 1.97 bits per heavy atom. The number of carbonyl (C=O) groups is 2. The van der Waals surface area contributed by atoms with E-state index in [4.69, 9.17) is 4.74 Å². The second kappa shape index (κ2) is 10.3. The number of aliphatic hydroxyl groups excluding tert-OH is 1. The molecule has 3 atom stereocenters. The van der Waals surface area contributed by atoms with Gasteiger partial charge in [-0.15, -0.1) is 5.10 Å². The average Bonchev–Trinajstić information content (AvgIpc) is 3.42. The highest BCUT2D eigenvalue weighted by atomic mass is 19.4. The summed E-state index contributed by atoms with van der Waals surface area (Å²) in [6, 6.07) is 1.66. The maximum Gasteiger partial charge on any atom is 0.433 e. The van der Waals surface area contributed by atoms with Crippen LogP contribution in [-0.2, 0) is 15.8 Å². The molecule has 2 aromatic heterocycles. The minimum atomic E-state index is -4.59. The van der Waals surface area contributed by atoms with Crippen LogP contribution in [0.5, 0.6) is 5.88 Å². The predicted molar refractivity (Wildman–Crippen MR) is 124 cm³/mol. The van der Waals surface area contributed by atoms with Crippen LogP contribution < -0.4 is 10.1 Å². The normalized spacial score (nSPS) is 21.1. The molecule has 2 fully saturated rings. The van der Waals surface area contributed by atoms with Crippen molar-refractivity contribution in [1.29, 1.82) is 0 Å². The number of pyridine rings is 1. The molecule has 0 aromatic carbocycles. The average molecular weight is 525 g/mol. The van der Waals surface area contributed by atoms with Gasteiger partial charge in [-0.25, -0.2) is 9.67 Å². The van der Waals surface area contributed by atoms with Crippen molar-refractivity contribution in [1.82, 2.24) is 30.2 Å². The number of β-amino-alcohol motifs (C(OH)–C–C–N with tert-alkyl or cyclic N) is 1. The number of nitrogens with zero attached hydrogens (tertiary/aromatic N) is 5. The molecule has 2 aliphatic rings. The van der Waals surface area contributed by atoms with Crippen molar-refractivity contribution in [3.8, 4) is 5.88 Å². The first-order valence-electron chi connectivity index (χ1n) is 12.2. The van der Waals surface area contributed by atoms with E-state index < -0.39 is 41.4 Å². The van der Waals surface area contributed by atoms with Crippen LogP contribution >= 0.6 is 0 Å². The first kappa shape index (κ1) is 26.8. The minimum Gasteiger partial charge on any atom is -0.476 e. The Morgan fingerprint density at radius 3 is 2.62 bits per heavy atom. The summed E-state index contributed by atoms with van der Waals surface area (Å²) in [5, 5.41) is 21.3. The highest BCUT2D eigenvalue weighted by Gasteiger charge is 2.45. The van der Waals surface area contributed by atoms with E-state index in [1.165, 1.54) is 17.0 Å². The zero-order valence-corrected chi connectivity index (χ0v) is 20.9. The van der Waals surface area contributed by atoms with Crippen LogP contribution in [0.4, 0.5) is 13.2 Å². The molecule has 202 valence electrons. The second-order valence-corrected chi connectivity index (χ2v) is 10.6. The Kier molecular flexibility index (Phi) is 7.45. The lowest BCUT2D eigenvalue weighted by molar-refractivity contribution is -0.144. The fraction of sp³-hybridized carbons (Fsp3) is 0.625. The van der Waals surface area contributed by atoms with E-state index in [2.05, 4.69) is 20.6 Å². The number of nitrogens with one attached hydrogen (secondary N) is 1. The van der Waals surface area contributed by atoms with Crippen molar-refractivity contribution < 1.29 is 32.6 Å². The second-order valence-electron chi connectivity index (χ2n) is 10.6. The number of halogens is 3. The lowest BCUT2D eigenvalue weighted by Gasteiger charge is -2.34. The fourth-order valence-corrected chi connectivity index (χ4v) is 4.43. The van der Waals surface area contributed by atoms with Gasteiger partial charge in [-0.3, -0.25) is 9.59 Å². The zero-order valence-electron chi connectivity index (χ0n) is 20.9. The number of aromatic nitrogens is 4. The number of rotatable bonds is 8. The molecule has 3 heterocycles. The van der Waals surface area contributed by atoms with E-state index in [0.717, 1.165) is 24.6 Å². The number of ether oxygens (including phenoxy) is 1. The van der Waals surface area contributed by atoms with Gasteiger partial charge in [0.05, 0.1) is 18.3 Å². The van der Waals surface area contributed by atoms with Crippen molar-refractivity contribution >= 4 is 11.8 Å². The number of likely N-dealkylation sites (tertiary alicyclic amines) is 1. The van der Waals surface area contributed by atoms with Gasteiger partial charge >= 0.3 is 6.18 Å². The Hall–Kier alpha value is -3.22. The van der Waals surface area contributed by atoms with Crippen molar-refractivity contribution in [2.75, 3.05) is 19.7 Å². The van der Waals surface area contributed by atoms with E-state index in [1.54, 1.807) is 10.9 Å². The Morgan fingerprint density at radius 1 is 1.24 bits per heavy atom. The summed E-state index contributed by atoms with van der Waals surface area (Å²) >= 11 is 0. The molecule has 0 bridgehead atoms. The van der Waals surface area contributed by atoms with Crippen LogP contribution in [0.2, 0.25) is 0 Å². The highest BCUT2D eigenvalue weighted by Crippen LogP contribution is 2.40. The molecular weight excluding hydrogens is 493 g/mol. The SMILES string of the molecule is CC(C)(C)[C@@H](C(=O)N1CC(O)CC1C(=O)NCCOc1cccc(C(F)(F)F)n1)n1cc(C2CC2)nn1. The lowest BCUT2D eigenvalue weighted by Crippen LogP contribution is -2.50. The Balaban J connectivity index is 1.38. The fourth-order valence-electron chi connectivity index (χ4n) is 4.43. The standard InChI is InChI=1S/C24H31F3N6O4/c1-23(2,3)20(33-13-16(30-31-33)14-7-8-14)22(36)32-12-15(34)11-17(32)21(35)28-9-10-37-19-6-4-5-18(29-19)24(25,26)27/h4-6,13-15,17,20,34H,7-12H2,1-3H3,(H,28,35)/t15?,17?,20-/m1/s1. The summed E-state index contributed by atoms with van der Waals surface area (Å²) in [4.78, 5) is 31.4. The monoisotopic (exact) mass is 524 g/mol. The molecular formula is C24H31F3N6O4. The Labute approximate surface area is 212 Å². The third-order valence-electron chi connectivity index (χ3n) is 6.37. The van der Waals surface area contributed by atoms with Crippen molar-refractivity contribution in [3.63, 3.8) is 0 Å². The number of carbonyl (C=O) groups excluding carboxylic acids is 2. The third-order valence-corrected chi connectivity index (χ3v) is 6.37. The zero-order chi connectivity index (χ0) is 27.0. The van der Waals surface area contributed by atoms with Crippen LogP contribution in [0.25, 0.3) is 0 Å². The highest BCUT2D eigenvalue weighted by molar-refractivity contribution is 5.90. The first-order chi connectivity index (χ1) is 17.3. The van der Waals surface area contributed by atoms with Gasteiger partial charge < -0.3 is 20.1 Å². The van der Waals surface area contributed by atoms with Crippen molar-refractivity contribution in [2.45, 2.75) is 70.3 Å². The van der Waals surface area contributed by atoms with E-state index in [9.17, 15) is 27.9 Å². The van der Waals surface area contributed by atoms with Gasteiger partial charge in [0.1, 0.15) is 24.4 Å². The van der Waals surface area contributed by atoms with Crippen LogP contribution in [-0.4, -0.2) is 73.6 Å². The van der Waals surface area contributed by atoms with Gasteiger partial charge in [0.15, 0.2) is 0 Å². The van der Waals surface area contributed by atoms with E-state index >= 15 is 0 Å². The molecule has 1 saturated carbocycles. The molecule has 2 aromatic rings. The topological polar surface area (TPSA) is 122 Å². The number of aliphatic hydroxyl groups is 1. The van der Waals surface area contributed by atoms with Gasteiger partial charge in [-0.2, -0.15) is 13.2 Å².